The Kier molecular flexibility index (Phi) is 4.60. The van der Waals surface area contributed by atoms with E-state index in [0.717, 1.165) is 11.0 Å². The maximum Gasteiger partial charge on any atom is 0.248 e. The Bertz CT molecular complexity index is 429. The minimum absolute atomic E-state index is 0.498. The summed E-state index contributed by atoms with van der Waals surface area (Å²) in [6.07, 6.45) is 3.53. The minimum Gasteiger partial charge on any atom is -0.545 e. The van der Waals surface area contributed by atoms with Gasteiger partial charge in [-0.2, -0.15) is 0 Å². The maximum atomic E-state index is 11.2. The van der Waals surface area contributed by atoms with Gasteiger partial charge in [0.15, 0.2) is 0 Å². The Labute approximate surface area is 97.4 Å². The summed E-state index contributed by atoms with van der Waals surface area (Å²) < 4.78 is 0. The van der Waals surface area contributed by atoms with Crippen molar-refractivity contribution in [3.8, 4) is 0 Å². The number of benzene rings is 1. The first-order valence-electron chi connectivity index (χ1n) is 4.46. The van der Waals surface area contributed by atoms with Gasteiger partial charge in [0.05, 0.1) is 5.97 Å². The van der Waals surface area contributed by atoms with Crippen LogP contribution in [0.15, 0.2) is 41.3 Å². The Hall–Kier alpha value is -1.75. The number of hydrogen-bond donors (Lipinski definition) is 1. The molecule has 1 aromatic carbocycles. The van der Waals surface area contributed by atoms with E-state index in [1.165, 1.54) is 0 Å². The fourth-order valence-electron chi connectivity index (χ4n) is 1.03. The predicted octanol–water partition coefficient (Wildman–Crippen LogP) is 0.653. The number of carbonyl (C=O) groups excluding carboxylic acids is 2. The average Bonchev–Trinajstić information content (AvgIpc) is 2.26. The maximum absolute atomic E-state index is 11.2. The molecule has 0 heterocycles. The summed E-state index contributed by atoms with van der Waals surface area (Å²) in [6, 6.07) is 7.25. The van der Waals surface area contributed by atoms with Crippen LogP contribution in [0.3, 0.4) is 0 Å². The van der Waals surface area contributed by atoms with E-state index in [0.29, 0.717) is 11.8 Å². The van der Waals surface area contributed by atoms with Crippen LogP contribution in [-0.2, 0) is 9.59 Å². The van der Waals surface area contributed by atoms with Crippen LogP contribution >= 0.6 is 11.8 Å². The summed E-state index contributed by atoms with van der Waals surface area (Å²) in [5.74, 6) is -1.89. The number of carboxylic acid groups (broad SMARTS) is 1. The van der Waals surface area contributed by atoms with Crippen LogP contribution in [0.25, 0.3) is 0 Å². The number of aliphatic carboxylic acids is 1. The van der Waals surface area contributed by atoms with Crippen LogP contribution in [0.2, 0.25) is 0 Å². The van der Waals surface area contributed by atoms with Gasteiger partial charge in [0, 0.05) is 16.7 Å². The highest BCUT2D eigenvalue weighted by Gasteiger charge is 1.98. The second kappa shape index (κ2) is 5.97. The minimum atomic E-state index is -1.40. The van der Waals surface area contributed by atoms with Crippen molar-refractivity contribution >= 4 is 29.3 Å². The lowest BCUT2D eigenvalue weighted by atomic mass is 10.3. The molecule has 0 aromatic heterocycles. The highest BCUT2D eigenvalue weighted by Crippen LogP contribution is 2.18. The third-order valence-electron chi connectivity index (χ3n) is 1.71. The summed E-state index contributed by atoms with van der Waals surface area (Å²) in [6.45, 7) is 0. The first kappa shape index (κ1) is 12.3. The number of anilines is 1. The van der Waals surface area contributed by atoms with E-state index < -0.39 is 11.9 Å². The quantitative estimate of drug-likeness (QED) is 0.615. The number of rotatable bonds is 4. The van der Waals surface area contributed by atoms with Gasteiger partial charge in [0.2, 0.25) is 5.91 Å². The first-order valence-corrected chi connectivity index (χ1v) is 5.68. The number of thioether (sulfide) groups is 1. The molecule has 0 aliphatic heterocycles. The molecule has 0 radical (unpaired) electrons. The molecule has 1 N–H and O–H groups in total. The molecule has 5 heteroatoms. The van der Waals surface area contributed by atoms with Crippen LogP contribution < -0.4 is 10.4 Å². The van der Waals surface area contributed by atoms with Crippen LogP contribution in [0.4, 0.5) is 5.69 Å². The van der Waals surface area contributed by atoms with Gasteiger partial charge < -0.3 is 15.2 Å². The topological polar surface area (TPSA) is 69.2 Å². The van der Waals surface area contributed by atoms with Gasteiger partial charge in [-0.3, -0.25) is 4.79 Å². The lowest BCUT2D eigenvalue weighted by Crippen LogP contribution is -2.20. The van der Waals surface area contributed by atoms with Crippen molar-refractivity contribution in [2.24, 2.45) is 0 Å². The third-order valence-corrected chi connectivity index (χ3v) is 2.43. The molecule has 1 aromatic rings. The van der Waals surface area contributed by atoms with E-state index in [1.807, 2.05) is 18.4 Å². The molecule has 0 saturated heterocycles. The fraction of sp³-hybridized carbons (Fsp3) is 0.0909. The van der Waals surface area contributed by atoms with Crippen molar-refractivity contribution in [3.63, 3.8) is 0 Å². The highest BCUT2D eigenvalue weighted by atomic mass is 32.2. The van der Waals surface area contributed by atoms with Crippen molar-refractivity contribution in [2.45, 2.75) is 4.90 Å². The SMILES string of the molecule is CSc1cccc(NC(=O)/C=C/C(=O)[O-])c1. The van der Waals surface area contributed by atoms with Crippen molar-refractivity contribution in [1.82, 2.24) is 0 Å². The van der Waals surface area contributed by atoms with Crippen molar-refractivity contribution in [3.05, 3.63) is 36.4 Å². The second-order valence-corrected chi connectivity index (χ2v) is 3.75. The van der Waals surface area contributed by atoms with Crippen LogP contribution in [0.1, 0.15) is 0 Å². The number of carboxylic acids is 1. The molecule has 0 unspecified atom stereocenters. The molecular weight excluding hydrogens is 226 g/mol. The van der Waals surface area contributed by atoms with Gasteiger partial charge in [-0.1, -0.05) is 6.07 Å². The van der Waals surface area contributed by atoms with E-state index in [2.05, 4.69) is 5.32 Å². The molecule has 4 nitrogen and oxygen atoms in total. The zero-order valence-corrected chi connectivity index (χ0v) is 9.41. The van der Waals surface area contributed by atoms with Crippen LogP contribution in [-0.4, -0.2) is 18.1 Å². The molecular formula is C11H10NO3S-. The standard InChI is InChI=1S/C11H11NO3S/c1-16-9-4-2-3-8(7-9)12-10(13)5-6-11(14)15/h2-7H,1H3,(H,12,13)(H,14,15)/p-1/b6-5+. The lowest BCUT2D eigenvalue weighted by Gasteiger charge is -2.03. The normalized spacial score (nSPS) is 10.3. The summed E-state index contributed by atoms with van der Waals surface area (Å²) in [5.41, 5.74) is 0.625. The fourth-order valence-corrected chi connectivity index (χ4v) is 1.49. The van der Waals surface area contributed by atoms with Crippen molar-refractivity contribution in [1.29, 1.82) is 0 Å². The average molecular weight is 236 g/mol. The van der Waals surface area contributed by atoms with Gasteiger partial charge in [-0.05, 0) is 30.5 Å². The molecule has 1 amide bonds. The van der Waals surface area contributed by atoms with E-state index in [9.17, 15) is 14.7 Å². The van der Waals surface area contributed by atoms with Crippen LogP contribution in [0, 0.1) is 0 Å². The molecule has 0 spiro atoms. The largest absolute Gasteiger partial charge is 0.545 e. The molecule has 0 aliphatic rings. The number of hydrogen-bond acceptors (Lipinski definition) is 4. The zero-order valence-electron chi connectivity index (χ0n) is 8.60. The third kappa shape index (κ3) is 4.18. The monoisotopic (exact) mass is 236 g/mol. The Morgan fingerprint density at radius 2 is 2.12 bits per heavy atom. The molecule has 16 heavy (non-hydrogen) atoms. The Morgan fingerprint density at radius 1 is 1.38 bits per heavy atom. The zero-order chi connectivity index (χ0) is 12.0. The molecule has 0 bridgehead atoms. The van der Waals surface area contributed by atoms with E-state index in [-0.39, 0.29) is 0 Å². The van der Waals surface area contributed by atoms with E-state index in [4.69, 9.17) is 0 Å². The van der Waals surface area contributed by atoms with E-state index in [1.54, 1.807) is 23.9 Å². The predicted molar refractivity (Wildman–Crippen MR) is 61.0 cm³/mol. The van der Waals surface area contributed by atoms with Gasteiger partial charge in [0.25, 0.3) is 0 Å². The highest BCUT2D eigenvalue weighted by molar-refractivity contribution is 7.98. The second-order valence-electron chi connectivity index (χ2n) is 2.87. The molecule has 0 atom stereocenters. The summed E-state index contributed by atoms with van der Waals surface area (Å²) in [7, 11) is 0. The molecule has 84 valence electrons. The Morgan fingerprint density at radius 3 is 2.75 bits per heavy atom. The van der Waals surface area contributed by atoms with Gasteiger partial charge in [0.1, 0.15) is 0 Å². The van der Waals surface area contributed by atoms with Crippen molar-refractivity contribution < 1.29 is 14.7 Å². The van der Waals surface area contributed by atoms with E-state index >= 15 is 0 Å². The molecule has 1 rings (SSSR count). The van der Waals surface area contributed by atoms with Gasteiger partial charge in [-0.15, -0.1) is 11.8 Å². The smallest absolute Gasteiger partial charge is 0.248 e. The molecule has 0 aliphatic carbocycles. The van der Waals surface area contributed by atoms with Crippen LogP contribution in [0.5, 0.6) is 0 Å². The van der Waals surface area contributed by atoms with Gasteiger partial charge >= 0.3 is 0 Å². The van der Waals surface area contributed by atoms with Crippen molar-refractivity contribution in [2.75, 3.05) is 11.6 Å². The van der Waals surface area contributed by atoms with Gasteiger partial charge in [-0.25, -0.2) is 0 Å². The number of carbonyl (C=O) groups is 2. The number of nitrogens with one attached hydrogen (secondary N) is 1. The Balaban J connectivity index is 2.65. The number of amides is 1. The molecule has 0 saturated carbocycles. The molecule has 0 fully saturated rings. The first-order chi connectivity index (χ1) is 7.61. The lowest BCUT2D eigenvalue weighted by molar-refractivity contribution is -0.297. The summed E-state index contributed by atoms with van der Waals surface area (Å²) >= 11 is 1.55. The summed E-state index contributed by atoms with van der Waals surface area (Å²) in [5, 5.41) is 12.6. The summed E-state index contributed by atoms with van der Waals surface area (Å²) in [4.78, 5) is 22.3.